The average Bonchev–Trinajstić information content (AvgIpc) is 2.47. The quantitative estimate of drug-likeness (QED) is 0.810. The second-order valence-corrected chi connectivity index (χ2v) is 6.56. The molecule has 0 fully saturated rings. The number of aliphatic hydroxyl groups excluding tert-OH is 1. The minimum absolute atomic E-state index is 0.520. The Kier molecular flexibility index (Phi) is 5.19. The van der Waals surface area contributed by atoms with Crippen molar-refractivity contribution in [1.29, 1.82) is 0 Å². The van der Waals surface area contributed by atoms with Crippen molar-refractivity contribution in [2.75, 3.05) is 0 Å². The third-order valence-electron chi connectivity index (χ3n) is 3.86. The molecule has 0 saturated heterocycles. The summed E-state index contributed by atoms with van der Waals surface area (Å²) in [4.78, 5) is 0. The lowest BCUT2D eigenvalue weighted by molar-refractivity contribution is 0.220. The Hall–Kier alpha value is -1.60. The van der Waals surface area contributed by atoms with Crippen molar-refractivity contribution in [2.24, 2.45) is 5.92 Å². The van der Waals surface area contributed by atoms with Gasteiger partial charge in [0, 0.05) is 0 Å². The van der Waals surface area contributed by atoms with E-state index in [0.29, 0.717) is 11.8 Å². The molecule has 0 radical (unpaired) electrons. The normalized spacial score (nSPS) is 12.9. The van der Waals surface area contributed by atoms with Crippen LogP contribution in [0.1, 0.15) is 62.0 Å². The van der Waals surface area contributed by atoms with Gasteiger partial charge in [-0.15, -0.1) is 0 Å². The molecule has 1 N–H and O–H groups in total. The van der Waals surface area contributed by atoms with Gasteiger partial charge in [0.15, 0.2) is 0 Å². The fourth-order valence-corrected chi connectivity index (χ4v) is 2.56. The van der Waals surface area contributed by atoms with E-state index in [4.69, 9.17) is 0 Å². The molecule has 1 unspecified atom stereocenters. The molecule has 2 rings (SSSR count). The second-order valence-electron chi connectivity index (χ2n) is 6.56. The maximum Gasteiger partial charge on any atom is 0.104 e. The van der Waals surface area contributed by atoms with Crippen LogP contribution in [0.3, 0.4) is 0 Å². The fraction of sp³-hybridized carbons (Fsp3) is 0.400. The molecule has 0 saturated carbocycles. The monoisotopic (exact) mass is 282 g/mol. The lowest BCUT2D eigenvalue weighted by atomic mass is 9.95. The predicted octanol–water partition coefficient (Wildman–Crippen LogP) is 5.09. The van der Waals surface area contributed by atoms with Crippen molar-refractivity contribution in [2.45, 2.75) is 46.1 Å². The first-order valence-electron chi connectivity index (χ1n) is 7.84. The largest absolute Gasteiger partial charge is 0.384 e. The summed E-state index contributed by atoms with van der Waals surface area (Å²) in [5.41, 5.74) is 4.55. The summed E-state index contributed by atoms with van der Waals surface area (Å²) in [7, 11) is 0. The van der Waals surface area contributed by atoms with E-state index in [9.17, 15) is 5.11 Å². The van der Waals surface area contributed by atoms with Crippen LogP contribution in [0.4, 0.5) is 0 Å². The number of benzene rings is 2. The highest BCUT2D eigenvalue weighted by Crippen LogP contribution is 2.24. The van der Waals surface area contributed by atoms with E-state index >= 15 is 0 Å². The highest BCUT2D eigenvalue weighted by molar-refractivity contribution is 5.34. The van der Waals surface area contributed by atoms with Crippen molar-refractivity contribution in [3.63, 3.8) is 0 Å². The number of hydrogen-bond acceptors (Lipinski definition) is 1. The molecule has 0 bridgehead atoms. The Morgan fingerprint density at radius 2 is 1.14 bits per heavy atom. The Morgan fingerprint density at radius 3 is 1.57 bits per heavy atom. The van der Waals surface area contributed by atoms with Gasteiger partial charge >= 0.3 is 0 Å². The van der Waals surface area contributed by atoms with Gasteiger partial charge in [-0.3, -0.25) is 0 Å². The molecule has 0 aliphatic carbocycles. The molecule has 1 atom stereocenters. The minimum Gasteiger partial charge on any atom is -0.384 e. The van der Waals surface area contributed by atoms with Crippen LogP contribution in [0.25, 0.3) is 0 Å². The number of rotatable bonds is 5. The Bertz CT molecular complexity index is 549. The SMILES string of the molecule is CC(C)Cc1ccc(C(O)c2ccc(C(C)C)cc2)cc1. The molecule has 0 amide bonds. The van der Waals surface area contributed by atoms with Gasteiger partial charge in [0.1, 0.15) is 6.10 Å². The van der Waals surface area contributed by atoms with Crippen LogP contribution in [0, 0.1) is 5.92 Å². The number of aliphatic hydroxyl groups is 1. The van der Waals surface area contributed by atoms with Crippen LogP contribution in [0.15, 0.2) is 48.5 Å². The second kappa shape index (κ2) is 6.91. The van der Waals surface area contributed by atoms with E-state index in [-0.39, 0.29) is 0 Å². The zero-order valence-corrected chi connectivity index (χ0v) is 13.5. The van der Waals surface area contributed by atoms with Gasteiger partial charge in [0.05, 0.1) is 0 Å². The molecule has 0 heterocycles. The molecule has 1 heteroatoms. The van der Waals surface area contributed by atoms with Gasteiger partial charge in [0.25, 0.3) is 0 Å². The maximum atomic E-state index is 10.5. The van der Waals surface area contributed by atoms with Gasteiger partial charge in [-0.05, 0) is 40.5 Å². The zero-order valence-electron chi connectivity index (χ0n) is 13.5. The first-order chi connectivity index (χ1) is 9.97. The Labute approximate surface area is 128 Å². The average molecular weight is 282 g/mol. The summed E-state index contributed by atoms with van der Waals surface area (Å²) in [6.45, 7) is 8.80. The first kappa shape index (κ1) is 15.8. The molecular formula is C20H26O. The smallest absolute Gasteiger partial charge is 0.104 e. The van der Waals surface area contributed by atoms with E-state index in [1.807, 2.05) is 24.3 Å². The Balaban J connectivity index is 2.13. The lowest BCUT2D eigenvalue weighted by Gasteiger charge is -2.14. The third-order valence-corrected chi connectivity index (χ3v) is 3.86. The van der Waals surface area contributed by atoms with E-state index in [1.165, 1.54) is 11.1 Å². The third kappa shape index (κ3) is 4.18. The molecule has 1 nitrogen and oxygen atoms in total. The van der Waals surface area contributed by atoms with Gasteiger partial charge in [-0.25, -0.2) is 0 Å². The standard InChI is InChI=1S/C20H26O/c1-14(2)13-16-5-7-18(8-6-16)20(21)19-11-9-17(10-12-19)15(3)4/h5-12,14-15,20-21H,13H2,1-4H3. The first-order valence-corrected chi connectivity index (χ1v) is 7.84. The molecule has 21 heavy (non-hydrogen) atoms. The summed E-state index contributed by atoms with van der Waals surface area (Å²) < 4.78 is 0. The van der Waals surface area contributed by atoms with Gasteiger partial charge < -0.3 is 5.11 Å². The summed E-state index contributed by atoms with van der Waals surface area (Å²) in [6.07, 6.45) is 0.540. The van der Waals surface area contributed by atoms with Crippen molar-refractivity contribution < 1.29 is 5.11 Å². The highest BCUT2D eigenvalue weighted by atomic mass is 16.3. The van der Waals surface area contributed by atoms with E-state index in [1.54, 1.807) is 0 Å². The fourth-order valence-electron chi connectivity index (χ4n) is 2.56. The van der Waals surface area contributed by atoms with Crippen molar-refractivity contribution in [1.82, 2.24) is 0 Å². The molecule has 2 aromatic carbocycles. The summed E-state index contributed by atoms with van der Waals surface area (Å²) in [5, 5.41) is 10.5. The van der Waals surface area contributed by atoms with E-state index < -0.39 is 6.10 Å². The topological polar surface area (TPSA) is 20.2 Å². The number of hydrogen-bond donors (Lipinski definition) is 1. The summed E-state index contributed by atoms with van der Waals surface area (Å²) in [6, 6.07) is 16.6. The Morgan fingerprint density at radius 1 is 0.714 bits per heavy atom. The molecule has 0 aromatic heterocycles. The van der Waals surface area contributed by atoms with Gasteiger partial charge in [0.2, 0.25) is 0 Å². The maximum absolute atomic E-state index is 10.5. The molecule has 112 valence electrons. The molecule has 2 aromatic rings. The van der Waals surface area contributed by atoms with Crippen LogP contribution in [0.2, 0.25) is 0 Å². The highest BCUT2D eigenvalue weighted by Gasteiger charge is 2.11. The van der Waals surface area contributed by atoms with Crippen LogP contribution >= 0.6 is 0 Å². The van der Waals surface area contributed by atoms with E-state index in [0.717, 1.165) is 17.5 Å². The van der Waals surface area contributed by atoms with Crippen LogP contribution in [0.5, 0.6) is 0 Å². The van der Waals surface area contributed by atoms with Crippen molar-refractivity contribution in [3.05, 3.63) is 70.8 Å². The predicted molar refractivity (Wildman–Crippen MR) is 89.6 cm³/mol. The van der Waals surface area contributed by atoms with Crippen molar-refractivity contribution >= 4 is 0 Å². The van der Waals surface area contributed by atoms with E-state index in [2.05, 4.69) is 52.0 Å². The summed E-state index contributed by atoms with van der Waals surface area (Å²) in [5.74, 6) is 1.18. The van der Waals surface area contributed by atoms with Gasteiger partial charge in [-0.1, -0.05) is 76.2 Å². The van der Waals surface area contributed by atoms with Crippen LogP contribution in [-0.4, -0.2) is 5.11 Å². The van der Waals surface area contributed by atoms with Crippen LogP contribution in [-0.2, 0) is 6.42 Å². The zero-order chi connectivity index (χ0) is 15.4. The molecular weight excluding hydrogens is 256 g/mol. The molecule has 0 spiro atoms. The van der Waals surface area contributed by atoms with Crippen LogP contribution < -0.4 is 0 Å². The molecule has 0 aliphatic rings. The van der Waals surface area contributed by atoms with Crippen molar-refractivity contribution in [3.8, 4) is 0 Å². The lowest BCUT2D eigenvalue weighted by Crippen LogP contribution is -2.01. The summed E-state index contributed by atoms with van der Waals surface area (Å²) >= 11 is 0. The minimum atomic E-state index is -0.542. The molecule has 0 aliphatic heterocycles. The van der Waals surface area contributed by atoms with Gasteiger partial charge in [-0.2, -0.15) is 0 Å².